The van der Waals surface area contributed by atoms with Gasteiger partial charge in [-0.1, -0.05) is 57.2 Å². The minimum atomic E-state index is -3.63. The summed E-state index contributed by atoms with van der Waals surface area (Å²) < 4.78 is 30.0. The monoisotopic (exact) mass is 330 g/mol. The lowest BCUT2D eigenvalue weighted by molar-refractivity contribution is 0.589. The van der Waals surface area contributed by atoms with Crippen molar-refractivity contribution >= 4 is 21.6 Å². The van der Waals surface area contributed by atoms with Crippen molar-refractivity contribution in [2.24, 2.45) is 0 Å². The molecule has 2 aromatic rings. The van der Waals surface area contributed by atoms with Gasteiger partial charge in [-0.15, -0.1) is 0 Å². The van der Waals surface area contributed by atoms with Crippen molar-refractivity contribution in [2.75, 3.05) is 15.6 Å². The van der Waals surface area contributed by atoms with Gasteiger partial charge in [0.1, 0.15) is 0 Å². The smallest absolute Gasteiger partial charge is 0.266 e. The molecule has 0 amide bonds. The van der Waals surface area contributed by atoms with Gasteiger partial charge in [-0.2, -0.15) is 8.42 Å². The predicted octanol–water partition coefficient (Wildman–Crippen LogP) is 3.70. The van der Waals surface area contributed by atoms with Gasteiger partial charge in [0.05, 0.1) is 11.4 Å². The van der Waals surface area contributed by atoms with E-state index in [-0.39, 0.29) is 5.41 Å². The Morgan fingerprint density at radius 3 is 2.39 bits per heavy atom. The van der Waals surface area contributed by atoms with Crippen LogP contribution in [0.15, 0.2) is 48.5 Å². The SMILES string of the molecule is CC(C)(C)c1ccccc1NS(=O)(=O)N1CCc2ccccc21. The number of nitrogens with one attached hydrogen (secondary N) is 1. The average molecular weight is 330 g/mol. The highest BCUT2D eigenvalue weighted by atomic mass is 32.2. The summed E-state index contributed by atoms with van der Waals surface area (Å²) in [6.07, 6.45) is 0.748. The molecule has 0 bridgehead atoms. The fourth-order valence-electron chi connectivity index (χ4n) is 2.98. The maximum atomic E-state index is 12.9. The molecule has 0 spiro atoms. The minimum Gasteiger partial charge on any atom is -0.266 e. The largest absolute Gasteiger partial charge is 0.323 e. The quantitative estimate of drug-likeness (QED) is 0.933. The van der Waals surface area contributed by atoms with Gasteiger partial charge in [0.25, 0.3) is 0 Å². The number of nitrogens with zero attached hydrogens (tertiary/aromatic N) is 1. The Hall–Kier alpha value is -2.01. The van der Waals surface area contributed by atoms with E-state index in [0.29, 0.717) is 12.2 Å². The molecule has 4 nitrogen and oxygen atoms in total. The molecule has 0 unspecified atom stereocenters. The molecule has 1 aliphatic heterocycles. The number of benzene rings is 2. The van der Waals surface area contributed by atoms with Crippen LogP contribution in [0.2, 0.25) is 0 Å². The summed E-state index contributed by atoms with van der Waals surface area (Å²) in [5.74, 6) is 0. The van der Waals surface area contributed by atoms with Gasteiger partial charge in [0.2, 0.25) is 0 Å². The van der Waals surface area contributed by atoms with Gasteiger partial charge in [0.15, 0.2) is 0 Å². The van der Waals surface area contributed by atoms with E-state index in [4.69, 9.17) is 0 Å². The topological polar surface area (TPSA) is 49.4 Å². The molecule has 23 heavy (non-hydrogen) atoms. The van der Waals surface area contributed by atoms with E-state index in [2.05, 4.69) is 25.5 Å². The summed E-state index contributed by atoms with van der Waals surface area (Å²) in [5.41, 5.74) is 3.33. The molecule has 5 heteroatoms. The number of hydrogen-bond acceptors (Lipinski definition) is 2. The lowest BCUT2D eigenvalue weighted by Gasteiger charge is -2.26. The summed E-state index contributed by atoms with van der Waals surface area (Å²) in [5, 5.41) is 0. The number of para-hydroxylation sites is 2. The van der Waals surface area contributed by atoms with Gasteiger partial charge in [-0.25, -0.2) is 0 Å². The van der Waals surface area contributed by atoms with Crippen LogP contribution in [0.25, 0.3) is 0 Å². The molecule has 0 atom stereocenters. The van der Waals surface area contributed by atoms with E-state index in [1.165, 1.54) is 4.31 Å². The highest BCUT2D eigenvalue weighted by molar-refractivity contribution is 7.94. The second kappa shape index (κ2) is 5.57. The molecule has 1 heterocycles. The standard InChI is InChI=1S/C18H22N2O2S/c1-18(2,3)15-9-5-6-10-16(15)19-23(21,22)20-13-12-14-8-4-7-11-17(14)20/h4-11,19H,12-13H2,1-3H3. The Kier molecular flexibility index (Phi) is 3.84. The first-order valence-electron chi connectivity index (χ1n) is 7.77. The Bertz CT molecular complexity index is 823. The summed E-state index contributed by atoms with van der Waals surface area (Å²) in [6.45, 7) is 6.70. The van der Waals surface area contributed by atoms with Crippen LogP contribution in [0.1, 0.15) is 31.9 Å². The zero-order chi connectivity index (χ0) is 16.7. The second-order valence-corrected chi connectivity index (χ2v) is 8.45. The molecular formula is C18H22N2O2S. The van der Waals surface area contributed by atoms with Crippen LogP contribution in [0.5, 0.6) is 0 Å². The Labute approximate surface area is 138 Å². The van der Waals surface area contributed by atoms with Crippen LogP contribution in [0, 0.1) is 0 Å². The van der Waals surface area contributed by atoms with E-state index in [0.717, 1.165) is 23.2 Å². The number of fused-ring (bicyclic) bond motifs is 1. The molecule has 1 aliphatic rings. The first-order chi connectivity index (χ1) is 10.8. The fourth-order valence-corrected chi connectivity index (χ4v) is 4.31. The molecule has 0 saturated heterocycles. The van der Waals surface area contributed by atoms with E-state index in [1.807, 2.05) is 48.5 Å². The lowest BCUT2D eigenvalue weighted by Crippen LogP contribution is -2.35. The van der Waals surface area contributed by atoms with Crippen molar-refractivity contribution in [3.05, 3.63) is 59.7 Å². The van der Waals surface area contributed by atoms with Crippen molar-refractivity contribution in [1.82, 2.24) is 0 Å². The highest BCUT2D eigenvalue weighted by Crippen LogP contribution is 2.33. The Morgan fingerprint density at radius 1 is 1.00 bits per heavy atom. The van der Waals surface area contributed by atoms with Gasteiger partial charge in [-0.3, -0.25) is 9.03 Å². The third kappa shape index (κ3) is 3.06. The normalized spacial score (nSPS) is 14.7. The van der Waals surface area contributed by atoms with Crippen molar-refractivity contribution in [1.29, 1.82) is 0 Å². The molecule has 122 valence electrons. The van der Waals surface area contributed by atoms with Crippen molar-refractivity contribution in [3.8, 4) is 0 Å². The molecular weight excluding hydrogens is 308 g/mol. The van der Waals surface area contributed by atoms with E-state index in [1.54, 1.807) is 0 Å². The van der Waals surface area contributed by atoms with Crippen LogP contribution >= 0.6 is 0 Å². The highest BCUT2D eigenvalue weighted by Gasteiger charge is 2.30. The number of anilines is 2. The molecule has 0 saturated carbocycles. The fraction of sp³-hybridized carbons (Fsp3) is 0.333. The summed E-state index contributed by atoms with van der Waals surface area (Å²) in [4.78, 5) is 0. The Balaban J connectivity index is 1.95. The van der Waals surface area contributed by atoms with E-state index >= 15 is 0 Å². The van der Waals surface area contributed by atoms with Gasteiger partial charge in [-0.05, 0) is 35.1 Å². The maximum absolute atomic E-state index is 12.9. The number of rotatable bonds is 3. The van der Waals surface area contributed by atoms with Gasteiger partial charge >= 0.3 is 10.2 Å². The third-order valence-corrected chi connectivity index (χ3v) is 5.55. The first kappa shape index (κ1) is 15.9. The molecule has 0 aromatic heterocycles. The zero-order valence-electron chi connectivity index (χ0n) is 13.7. The first-order valence-corrected chi connectivity index (χ1v) is 9.21. The van der Waals surface area contributed by atoms with Crippen LogP contribution < -0.4 is 9.03 Å². The maximum Gasteiger partial charge on any atom is 0.323 e. The third-order valence-electron chi connectivity index (χ3n) is 4.11. The van der Waals surface area contributed by atoms with Crippen molar-refractivity contribution in [3.63, 3.8) is 0 Å². The van der Waals surface area contributed by atoms with Crippen LogP contribution in [-0.2, 0) is 22.0 Å². The molecule has 2 aromatic carbocycles. The zero-order valence-corrected chi connectivity index (χ0v) is 14.5. The van der Waals surface area contributed by atoms with E-state index in [9.17, 15) is 8.42 Å². The molecule has 0 aliphatic carbocycles. The summed E-state index contributed by atoms with van der Waals surface area (Å²) in [7, 11) is -3.63. The van der Waals surface area contributed by atoms with Crippen LogP contribution in [0.3, 0.4) is 0 Å². The van der Waals surface area contributed by atoms with E-state index < -0.39 is 10.2 Å². The second-order valence-electron chi connectivity index (χ2n) is 6.85. The molecule has 1 N–H and O–H groups in total. The summed E-state index contributed by atoms with van der Waals surface area (Å²) >= 11 is 0. The molecule has 3 rings (SSSR count). The Morgan fingerprint density at radius 2 is 1.65 bits per heavy atom. The van der Waals surface area contributed by atoms with Crippen LogP contribution in [-0.4, -0.2) is 15.0 Å². The summed E-state index contributed by atoms with van der Waals surface area (Å²) in [6, 6.07) is 15.2. The predicted molar refractivity (Wildman–Crippen MR) is 95.2 cm³/mol. The molecule has 0 fully saturated rings. The van der Waals surface area contributed by atoms with Gasteiger partial charge in [0, 0.05) is 6.54 Å². The van der Waals surface area contributed by atoms with Crippen LogP contribution in [0.4, 0.5) is 11.4 Å². The minimum absolute atomic E-state index is 0.137. The number of hydrogen-bond donors (Lipinski definition) is 1. The average Bonchev–Trinajstić information content (AvgIpc) is 2.91. The van der Waals surface area contributed by atoms with Gasteiger partial charge < -0.3 is 0 Å². The van der Waals surface area contributed by atoms with Crippen molar-refractivity contribution < 1.29 is 8.42 Å². The lowest BCUT2D eigenvalue weighted by atomic mass is 9.86. The van der Waals surface area contributed by atoms with Crippen molar-refractivity contribution in [2.45, 2.75) is 32.6 Å². The molecule has 0 radical (unpaired) electrons.